The first kappa shape index (κ1) is 18.6. The molecule has 2 rings (SSSR count). The molecular formula is C15H17N3O6S. The standard InChI is InChI=1S/C15H17N3O6S/c1-8-13(9(2)24-18-8)15(20)23-10(3)14(19)17-11-5-4-6-12(7-11)25(16,21)22/h4-7,10H,1-3H3,(H,17,19)(H2,16,21,22)/t10-/m0/s1. The SMILES string of the molecule is Cc1noc(C)c1C(=O)O[C@@H](C)C(=O)Nc1cccc(S(N)(=O)=O)c1. The van der Waals surface area contributed by atoms with Gasteiger partial charge in [-0.05, 0) is 39.0 Å². The number of carbonyl (C=O) groups is 2. The largest absolute Gasteiger partial charge is 0.449 e. The van der Waals surface area contributed by atoms with E-state index in [-0.39, 0.29) is 21.9 Å². The Hall–Kier alpha value is -2.72. The van der Waals surface area contributed by atoms with E-state index < -0.39 is 28.0 Å². The number of ether oxygens (including phenoxy) is 1. The third kappa shape index (κ3) is 4.43. The molecule has 0 radical (unpaired) electrons. The van der Waals surface area contributed by atoms with Gasteiger partial charge in [-0.1, -0.05) is 11.2 Å². The molecule has 1 atom stereocenters. The summed E-state index contributed by atoms with van der Waals surface area (Å²) in [7, 11) is -3.89. The Morgan fingerprint density at radius 3 is 2.56 bits per heavy atom. The second-order valence-corrected chi connectivity index (χ2v) is 6.87. The van der Waals surface area contributed by atoms with Gasteiger partial charge < -0.3 is 14.6 Å². The molecule has 2 aromatic rings. The zero-order valence-corrected chi connectivity index (χ0v) is 14.6. The molecule has 0 unspecified atom stereocenters. The van der Waals surface area contributed by atoms with Crippen molar-refractivity contribution in [1.82, 2.24) is 5.16 Å². The molecule has 1 amide bonds. The quantitative estimate of drug-likeness (QED) is 0.754. The summed E-state index contributed by atoms with van der Waals surface area (Å²) < 4.78 is 32.6. The van der Waals surface area contributed by atoms with Crippen LogP contribution in [0.5, 0.6) is 0 Å². The van der Waals surface area contributed by atoms with Crippen molar-refractivity contribution >= 4 is 27.6 Å². The zero-order valence-electron chi connectivity index (χ0n) is 13.8. The predicted molar refractivity (Wildman–Crippen MR) is 87.3 cm³/mol. The van der Waals surface area contributed by atoms with E-state index in [0.717, 1.165) is 0 Å². The molecule has 9 nitrogen and oxygen atoms in total. The van der Waals surface area contributed by atoms with E-state index in [2.05, 4.69) is 10.5 Å². The number of primary sulfonamides is 1. The molecule has 10 heteroatoms. The van der Waals surface area contributed by atoms with Gasteiger partial charge in [-0.2, -0.15) is 0 Å². The average molecular weight is 367 g/mol. The van der Waals surface area contributed by atoms with E-state index in [1.807, 2.05) is 0 Å². The number of rotatable bonds is 5. The first-order chi connectivity index (χ1) is 11.6. The highest BCUT2D eigenvalue weighted by Crippen LogP contribution is 2.17. The fourth-order valence-corrected chi connectivity index (χ4v) is 2.60. The molecular weight excluding hydrogens is 350 g/mol. The van der Waals surface area contributed by atoms with Gasteiger partial charge in [-0.15, -0.1) is 0 Å². The van der Waals surface area contributed by atoms with Crippen LogP contribution in [0.15, 0.2) is 33.7 Å². The van der Waals surface area contributed by atoms with Crippen LogP contribution in [0, 0.1) is 13.8 Å². The number of anilines is 1. The lowest BCUT2D eigenvalue weighted by molar-refractivity contribution is -0.123. The number of nitrogens with one attached hydrogen (secondary N) is 1. The van der Waals surface area contributed by atoms with Gasteiger partial charge in [0.15, 0.2) is 6.10 Å². The van der Waals surface area contributed by atoms with Crippen molar-refractivity contribution in [3.05, 3.63) is 41.3 Å². The van der Waals surface area contributed by atoms with Crippen LogP contribution < -0.4 is 10.5 Å². The van der Waals surface area contributed by atoms with Crippen LogP contribution in [-0.2, 0) is 19.6 Å². The van der Waals surface area contributed by atoms with Crippen LogP contribution in [0.2, 0.25) is 0 Å². The predicted octanol–water partition coefficient (Wildman–Crippen LogP) is 1.12. The van der Waals surface area contributed by atoms with Crippen molar-refractivity contribution in [2.45, 2.75) is 31.8 Å². The molecule has 25 heavy (non-hydrogen) atoms. The molecule has 3 N–H and O–H groups in total. The number of aromatic nitrogens is 1. The van der Waals surface area contributed by atoms with Gasteiger partial charge in [0, 0.05) is 5.69 Å². The van der Waals surface area contributed by atoms with Crippen molar-refractivity contribution in [3.63, 3.8) is 0 Å². The second kappa shape index (κ2) is 7.03. The van der Waals surface area contributed by atoms with Gasteiger partial charge >= 0.3 is 5.97 Å². The lowest BCUT2D eigenvalue weighted by Crippen LogP contribution is -2.30. The van der Waals surface area contributed by atoms with E-state index in [0.29, 0.717) is 5.69 Å². The minimum absolute atomic E-state index is 0.148. The lowest BCUT2D eigenvalue weighted by atomic mass is 10.2. The Morgan fingerprint density at radius 2 is 2.00 bits per heavy atom. The summed E-state index contributed by atoms with van der Waals surface area (Å²) in [5.74, 6) is -1.08. The van der Waals surface area contributed by atoms with E-state index in [9.17, 15) is 18.0 Å². The van der Waals surface area contributed by atoms with Crippen molar-refractivity contribution in [1.29, 1.82) is 0 Å². The number of nitrogens with two attached hydrogens (primary N) is 1. The number of nitrogens with zero attached hydrogens (tertiary/aromatic N) is 1. The molecule has 1 aromatic heterocycles. The van der Waals surface area contributed by atoms with Crippen molar-refractivity contribution in [3.8, 4) is 0 Å². The number of carbonyl (C=O) groups excluding carboxylic acids is 2. The second-order valence-electron chi connectivity index (χ2n) is 5.31. The third-order valence-corrected chi connectivity index (χ3v) is 4.23. The summed E-state index contributed by atoms with van der Waals surface area (Å²) in [4.78, 5) is 24.1. The summed E-state index contributed by atoms with van der Waals surface area (Å²) in [5.41, 5.74) is 0.726. The molecule has 0 fully saturated rings. The minimum atomic E-state index is -3.89. The number of hydrogen-bond donors (Lipinski definition) is 2. The topological polar surface area (TPSA) is 142 Å². The number of hydrogen-bond acceptors (Lipinski definition) is 7. The highest BCUT2D eigenvalue weighted by atomic mass is 32.2. The molecule has 0 aliphatic rings. The van der Waals surface area contributed by atoms with Gasteiger partial charge in [-0.3, -0.25) is 4.79 Å². The molecule has 0 bridgehead atoms. The van der Waals surface area contributed by atoms with Crippen LogP contribution in [0.25, 0.3) is 0 Å². The van der Waals surface area contributed by atoms with Crippen LogP contribution >= 0.6 is 0 Å². The third-order valence-electron chi connectivity index (χ3n) is 3.32. The molecule has 1 aromatic carbocycles. The van der Waals surface area contributed by atoms with Gasteiger partial charge in [0.1, 0.15) is 11.3 Å². The fraction of sp³-hybridized carbons (Fsp3) is 0.267. The van der Waals surface area contributed by atoms with Gasteiger partial charge in [0.2, 0.25) is 10.0 Å². The molecule has 0 saturated heterocycles. The first-order valence-corrected chi connectivity index (χ1v) is 8.72. The highest BCUT2D eigenvalue weighted by molar-refractivity contribution is 7.89. The van der Waals surface area contributed by atoms with Crippen LogP contribution in [0.4, 0.5) is 5.69 Å². The maximum atomic E-state index is 12.1. The van der Waals surface area contributed by atoms with Crippen molar-refractivity contribution in [2.75, 3.05) is 5.32 Å². The Kier molecular flexibility index (Phi) is 5.24. The highest BCUT2D eigenvalue weighted by Gasteiger charge is 2.24. The van der Waals surface area contributed by atoms with E-state index in [4.69, 9.17) is 14.4 Å². The zero-order chi connectivity index (χ0) is 18.8. The van der Waals surface area contributed by atoms with Gasteiger partial charge in [0.25, 0.3) is 5.91 Å². The summed E-state index contributed by atoms with van der Waals surface area (Å²) in [5, 5.41) is 11.1. The van der Waals surface area contributed by atoms with Gasteiger partial charge in [0.05, 0.1) is 10.6 Å². The fourth-order valence-electron chi connectivity index (χ4n) is 2.04. The maximum absolute atomic E-state index is 12.1. The van der Waals surface area contributed by atoms with Crippen molar-refractivity contribution in [2.24, 2.45) is 5.14 Å². The van der Waals surface area contributed by atoms with Crippen molar-refractivity contribution < 1.29 is 27.3 Å². The number of amides is 1. The summed E-state index contributed by atoms with van der Waals surface area (Å²) in [6.45, 7) is 4.52. The number of benzene rings is 1. The Balaban J connectivity index is 2.07. The number of esters is 1. The summed E-state index contributed by atoms with van der Waals surface area (Å²) in [6, 6.07) is 5.41. The normalized spacial score (nSPS) is 12.5. The average Bonchev–Trinajstić information content (AvgIpc) is 2.85. The maximum Gasteiger partial charge on any atom is 0.344 e. The number of sulfonamides is 1. The van der Waals surface area contributed by atoms with E-state index in [1.165, 1.54) is 31.2 Å². The summed E-state index contributed by atoms with van der Waals surface area (Å²) in [6.07, 6.45) is -1.13. The molecule has 0 aliphatic carbocycles. The minimum Gasteiger partial charge on any atom is -0.449 e. The lowest BCUT2D eigenvalue weighted by Gasteiger charge is -2.13. The van der Waals surface area contributed by atoms with Gasteiger partial charge in [-0.25, -0.2) is 18.4 Å². The summed E-state index contributed by atoms with van der Waals surface area (Å²) >= 11 is 0. The molecule has 1 heterocycles. The Labute approximate surface area is 144 Å². The molecule has 0 aliphatic heterocycles. The van der Waals surface area contributed by atoms with Crippen LogP contribution in [0.1, 0.15) is 28.7 Å². The van der Waals surface area contributed by atoms with E-state index >= 15 is 0 Å². The molecule has 134 valence electrons. The van der Waals surface area contributed by atoms with Crippen LogP contribution in [0.3, 0.4) is 0 Å². The van der Waals surface area contributed by atoms with Crippen LogP contribution in [-0.4, -0.2) is 31.6 Å². The first-order valence-electron chi connectivity index (χ1n) is 7.17. The Bertz CT molecular complexity index is 900. The monoisotopic (exact) mass is 367 g/mol. The number of aryl methyl sites for hydroxylation is 2. The molecule has 0 spiro atoms. The Morgan fingerprint density at radius 1 is 1.32 bits per heavy atom. The molecule has 0 saturated carbocycles. The van der Waals surface area contributed by atoms with E-state index in [1.54, 1.807) is 13.8 Å². The smallest absolute Gasteiger partial charge is 0.344 e.